The number of hydrogen-bond donors (Lipinski definition) is 2. The average Bonchev–Trinajstić information content (AvgIpc) is 2.78. The first-order valence-electron chi connectivity index (χ1n) is 5.57. The third-order valence-electron chi connectivity index (χ3n) is 2.44. The first-order valence-corrected chi connectivity index (χ1v) is 5.57. The highest BCUT2D eigenvalue weighted by atomic mass is 19.1. The third kappa shape index (κ3) is 2.91. The number of H-pyrrole nitrogens is 1. The van der Waals surface area contributed by atoms with E-state index in [1.807, 2.05) is 0 Å². The fourth-order valence-corrected chi connectivity index (χ4v) is 1.54. The summed E-state index contributed by atoms with van der Waals surface area (Å²) < 4.78 is 13.3. The molecule has 0 spiro atoms. The molecule has 1 heterocycles. The summed E-state index contributed by atoms with van der Waals surface area (Å²) in [5, 5.41) is 8.96. The number of halogens is 1. The number of aryl methyl sites for hydroxylation is 1. The number of nitrogens with zero attached hydrogens (tertiary/aromatic N) is 2. The average molecular weight is 248 g/mol. The van der Waals surface area contributed by atoms with Gasteiger partial charge in [0.25, 0.3) is 5.91 Å². The predicted molar refractivity (Wildman–Crippen MR) is 63.6 cm³/mol. The summed E-state index contributed by atoms with van der Waals surface area (Å²) in [6.07, 6.45) is 0.432. The monoisotopic (exact) mass is 248 g/mol. The van der Waals surface area contributed by atoms with Gasteiger partial charge in [-0.3, -0.25) is 9.89 Å². The van der Waals surface area contributed by atoms with Crippen molar-refractivity contribution in [3.8, 4) is 0 Å². The van der Waals surface area contributed by atoms with Gasteiger partial charge in [-0.25, -0.2) is 9.37 Å². The Bertz CT molecular complexity index is 553. The molecule has 0 fully saturated rings. The van der Waals surface area contributed by atoms with Crippen LogP contribution in [-0.4, -0.2) is 27.6 Å². The van der Waals surface area contributed by atoms with E-state index in [-0.39, 0.29) is 17.5 Å². The van der Waals surface area contributed by atoms with E-state index in [9.17, 15) is 9.18 Å². The second kappa shape index (κ2) is 5.39. The van der Waals surface area contributed by atoms with E-state index in [0.29, 0.717) is 24.4 Å². The lowest BCUT2D eigenvalue weighted by molar-refractivity contribution is 0.0944. The Hall–Kier alpha value is -2.24. The summed E-state index contributed by atoms with van der Waals surface area (Å²) in [4.78, 5) is 15.5. The summed E-state index contributed by atoms with van der Waals surface area (Å²) in [5.74, 6) is 0.0477. The van der Waals surface area contributed by atoms with Crippen LogP contribution >= 0.6 is 0 Å². The number of aromatic amines is 1. The Labute approximate surface area is 103 Å². The molecule has 0 aliphatic heterocycles. The number of benzene rings is 1. The van der Waals surface area contributed by atoms with Gasteiger partial charge in [0.2, 0.25) is 5.82 Å². The molecule has 2 rings (SSSR count). The van der Waals surface area contributed by atoms with Gasteiger partial charge in [-0.05, 0) is 25.0 Å². The molecule has 5 nitrogen and oxygen atoms in total. The van der Waals surface area contributed by atoms with Crippen molar-refractivity contribution in [3.63, 3.8) is 0 Å². The lowest BCUT2D eigenvalue weighted by Crippen LogP contribution is -2.27. The quantitative estimate of drug-likeness (QED) is 0.854. The molecular formula is C12H13FN4O. The number of nitrogens with one attached hydrogen (secondary N) is 2. The normalized spacial score (nSPS) is 10.3. The first-order chi connectivity index (χ1) is 8.66. The number of carbonyl (C=O) groups excluding carboxylic acids is 1. The van der Waals surface area contributed by atoms with Gasteiger partial charge in [-0.15, -0.1) is 5.10 Å². The number of hydrogen-bond acceptors (Lipinski definition) is 3. The number of carbonyl (C=O) groups is 1. The van der Waals surface area contributed by atoms with Gasteiger partial charge in [0.1, 0.15) is 11.6 Å². The fraction of sp³-hybridized carbons (Fsp3) is 0.250. The zero-order valence-electron chi connectivity index (χ0n) is 9.90. The zero-order chi connectivity index (χ0) is 13.0. The second-order valence-corrected chi connectivity index (χ2v) is 3.84. The topological polar surface area (TPSA) is 70.7 Å². The lowest BCUT2D eigenvalue weighted by Gasteiger charge is -2.03. The molecule has 0 aliphatic rings. The highest BCUT2D eigenvalue weighted by molar-refractivity contribution is 5.90. The van der Waals surface area contributed by atoms with Gasteiger partial charge in [0.15, 0.2) is 0 Å². The Kier molecular flexibility index (Phi) is 3.66. The molecule has 0 atom stereocenters. The summed E-state index contributed by atoms with van der Waals surface area (Å²) in [6, 6.07) is 6.49. The second-order valence-electron chi connectivity index (χ2n) is 3.84. The SMILES string of the molecule is Cc1nc(C(=O)NCCc2ccccc2F)n[nH]1. The molecule has 0 radical (unpaired) electrons. The summed E-state index contributed by atoms with van der Waals surface area (Å²) in [5.41, 5.74) is 0.573. The third-order valence-corrected chi connectivity index (χ3v) is 2.44. The van der Waals surface area contributed by atoms with Crippen LogP contribution in [-0.2, 0) is 6.42 Å². The Morgan fingerprint density at radius 1 is 1.44 bits per heavy atom. The van der Waals surface area contributed by atoms with Crippen LogP contribution in [0.15, 0.2) is 24.3 Å². The largest absolute Gasteiger partial charge is 0.349 e. The molecule has 6 heteroatoms. The minimum Gasteiger partial charge on any atom is -0.349 e. The van der Waals surface area contributed by atoms with Crippen LogP contribution < -0.4 is 5.32 Å². The highest BCUT2D eigenvalue weighted by Gasteiger charge is 2.10. The molecule has 0 saturated carbocycles. The molecule has 1 amide bonds. The van der Waals surface area contributed by atoms with Gasteiger partial charge in [0, 0.05) is 6.54 Å². The summed E-state index contributed by atoms with van der Waals surface area (Å²) in [7, 11) is 0. The molecule has 1 aromatic heterocycles. The number of aromatic nitrogens is 3. The van der Waals surface area contributed by atoms with Crippen molar-refractivity contribution in [3.05, 3.63) is 47.3 Å². The smallest absolute Gasteiger partial charge is 0.290 e. The maximum atomic E-state index is 13.3. The standard InChI is InChI=1S/C12H13FN4O/c1-8-15-11(17-16-8)12(18)14-7-6-9-4-2-3-5-10(9)13/h2-5H,6-7H2,1H3,(H,14,18)(H,15,16,17). The molecular weight excluding hydrogens is 235 g/mol. The van der Waals surface area contributed by atoms with Crippen molar-refractivity contribution < 1.29 is 9.18 Å². The molecule has 2 aromatic rings. The minimum atomic E-state index is -0.365. The van der Waals surface area contributed by atoms with Crippen molar-refractivity contribution in [2.45, 2.75) is 13.3 Å². The van der Waals surface area contributed by atoms with Gasteiger partial charge in [0.05, 0.1) is 0 Å². The van der Waals surface area contributed by atoms with Crippen LogP contribution in [0.2, 0.25) is 0 Å². The molecule has 0 aliphatic carbocycles. The van der Waals surface area contributed by atoms with Crippen LogP contribution in [0.4, 0.5) is 4.39 Å². The van der Waals surface area contributed by atoms with Crippen molar-refractivity contribution >= 4 is 5.91 Å². The maximum Gasteiger partial charge on any atom is 0.290 e. The van der Waals surface area contributed by atoms with Gasteiger partial charge >= 0.3 is 0 Å². The molecule has 0 saturated heterocycles. The minimum absolute atomic E-state index is 0.0982. The maximum absolute atomic E-state index is 13.3. The fourth-order valence-electron chi connectivity index (χ4n) is 1.54. The van der Waals surface area contributed by atoms with E-state index in [2.05, 4.69) is 20.5 Å². The molecule has 0 unspecified atom stereocenters. The van der Waals surface area contributed by atoms with Crippen LogP contribution in [0, 0.1) is 12.7 Å². The van der Waals surface area contributed by atoms with E-state index in [0.717, 1.165) is 0 Å². The van der Waals surface area contributed by atoms with Crippen molar-refractivity contribution in [2.24, 2.45) is 0 Å². The molecule has 1 aromatic carbocycles. The van der Waals surface area contributed by atoms with Gasteiger partial charge < -0.3 is 5.32 Å². The zero-order valence-corrected chi connectivity index (χ0v) is 9.90. The first kappa shape index (κ1) is 12.2. The lowest BCUT2D eigenvalue weighted by atomic mass is 10.1. The van der Waals surface area contributed by atoms with Crippen LogP contribution in [0.1, 0.15) is 22.0 Å². The van der Waals surface area contributed by atoms with E-state index in [4.69, 9.17) is 0 Å². The summed E-state index contributed by atoms with van der Waals surface area (Å²) in [6.45, 7) is 2.05. The van der Waals surface area contributed by atoms with Crippen LogP contribution in [0.3, 0.4) is 0 Å². The van der Waals surface area contributed by atoms with Gasteiger partial charge in [-0.2, -0.15) is 0 Å². The highest BCUT2D eigenvalue weighted by Crippen LogP contribution is 2.06. The van der Waals surface area contributed by atoms with Crippen LogP contribution in [0.5, 0.6) is 0 Å². The number of amides is 1. The van der Waals surface area contributed by atoms with E-state index in [1.54, 1.807) is 25.1 Å². The van der Waals surface area contributed by atoms with Crippen molar-refractivity contribution in [1.29, 1.82) is 0 Å². The van der Waals surface area contributed by atoms with E-state index in [1.165, 1.54) is 6.07 Å². The van der Waals surface area contributed by atoms with Crippen molar-refractivity contribution in [2.75, 3.05) is 6.54 Å². The van der Waals surface area contributed by atoms with E-state index >= 15 is 0 Å². The van der Waals surface area contributed by atoms with Crippen LogP contribution in [0.25, 0.3) is 0 Å². The summed E-state index contributed by atoms with van der Waals surface area (Å²) >= 11 is 0. The van der Waals surface area contributed by atoms with Crippen molar-refractivity contribution in [1.82, 2.24) is 20.5 Å². The molecule has 18 heavy (non-hydrogen) atoms. The van der Waals surface area contributed by atoms with Gasteiger partial charge in [-0.1, -0.05) is 18.2 Å². The number of rotatable bonds is 4. The Morgan fingerprint density at radius 3 is 2.89 bits per heavy atom. The Balaban J connectivity index is 1.86. The van der Waals surface area contributed by atoms with E-state index < -0.39 is 0 Å². The Morgan fingerprint density at radius 2 is 2.22 bits per heavy atom. The molecule has 2 N–H and O–H groups in total. The molecule has 0 bridgehead atoms. The predicted octanol–water partition coefficient (Wildman–Crippen LogP) is 1.22. The molecule has 94 valence electrons.